The second-order valence-electron chi connectivity index (χ2n) is 4.02. The molecule has 86 valence electrons. The van der Waals surface area contributed by atoms with E-state index >= 15 is 0 Å². The number of nitrogens with one attached hydrogen (secondary N) is 1. The molecule has 15 heavy (non-hydrogen) atoms. The van der Waals surface area contributed by atoms with Crippen molar-refractivity contribution in [2.75, 3.05) is 7.11 Å². The van der Waals surface area contributed by atoms with Gasteiger partial charge in [-0.2, -0.15) is 4.37 Å². The van der Waals surface area contributed by atoms with Gasteiger partial charge in [0.05, 0.1) is 12.0 Å². The summed E-state index contributed by atoms with van der Waals surface area (Å²) in [5.41, 5.74) is 0.126. The standard InChI is InChI=1S/C10H17ClN2OS/c1-5-10(2,3)12-6-7-8(11)9(14-4)13-15-7/h12H,5-6H2,1-4H3. The summed E-state index contributed by atoms with van der Waals surface area (Å²) >= 11 is 7.46. The molecule has 1 heterocycles. The Bertz CT molecular complexity index is 325. The van der Waals surface area contributed by atoms with Crippen molar-refractivity contribution >= 4 is 23.1 Å². The van der Waals surface area contributed by atoms with E-state index in [0.717, 1.165) is 17.8 Å². The number of hydrogen-bond acceptors (Lipinski definition) is 4. The number of halogens is 1. The van der Waals surface area contributed by atoms with E-state index in [1.165, 1.54) is 11.5 Å². The first-order valence-electron chi connectivity index (χ1n) is 4.93. The second kappa shape index (κ2) is 5.14. The Hall–Kier alpha value is -0.320. The molecule has 5 heteroatoms. The smallest absolute Gasteiger partial charge is 0.244 e. The summed E-state index contributed by atoms with van der Waals surface area (Å²) in [6.07, 6.45) is 1.07. The van der Waals surface area contributed by atoms with Gasteiger partial charge < -0.3 is 10.1 Å². The lowest BCUT2D eigenvalue weighted by atomic mass is 10.0. The number of ether oxygens (including phenoxy) is 1. The van der Waals surface area contributed by atoms with Gasteiger partial charge in [-0.15, -0.1) is 0 Å². The highest BCUT2D eigenvalue weighted by Crippen LogP contribution is 2.30. The Kier molecular flexibility index (Phi) is 4.37. The number of methoxy groups -OCH3 is 1. The maximum Gasteiger partial charge on any atom is 0.244 e. The monoisotopic (exact) mass is 248 g/mol. The molecular formula is C10H17ClN2OS. The number of rotatable bonds is 5. The van der Waals surface area contributed by atoms with E-state index in [9.17, 15) is 0 Å². The molecule has 0 saturated heterocycles. The van der Waals surface area contributed by atoms with E-state index in [0.29, 0.717) is 10.9 Å². The van der Waals surface area contributed by atoms with Crippen molar-refractivity contribution in [1.82, 2.24) is 9.69 Å². The van der Waals surface area contributed by atoms with E-state index in [-0.39, 0.29) is 5.54 Å². The van der Waals surface area contributed by atoms with Gasteiger partial charge in [0.25, 0.3) is 0 Å². The molecule has 0 aliphatic heterocycles. The second-order valence-corrected chi connectivity index (χ2v) is 5.26. The third-order valence-electron chi connectivity index (χ3n) is 2.48. The molecule has 0 aliphatic carbocycles. The molecule has 3 nitrogen and oxygen atoms in total. The van der Waals surface area contributed by atoms with Crippen LogP contribution in [0, 0.1) is 0 Å². The lowest BCUT2D eigenvalue weighted by molar-refractivity contribution is 0.375. The molecule has 0 radical (unpaired) electrons. The van der Waals surface area contributed by atoms with Gasteiger partial charge in [-0.3, -0.25) is 0 Å². The maximum absolute atomic E-state index is 6.08. The molecule has 0 fully saturated rings. The van der Waals surface area contributed by atoms with Crippen molar-refractivity contribution in [3.8, 4) is 5.88 Å². The van der Waals surface area contributed by atoms with Crippen molar-refractivity contribution in [3.05, 3.63) is 9.90 Å². The molecule has 0 bridgehead atoms. The molecule has 0 aliphatic rings. The summed E-state index contributed by atoms with van der Waals surface area (Å²) in [4.78, 5) is 1.02. The fraction of sp³-hybridized carbons (Fsp3) is 0.700. The average Bonchev–Trinajstić information content (AvgIpc) is 2.57. The number of nitrogens with zero attached hydrogens (tertiary/aromatic N) is 1. The van der Waals surface area contributed by atoms with Gasteiger partial charge >= 0.3 is 0 Å². The van der Waals surface area contributed by atoms with Crippen LogP contribution in [0.5, 0.6) is 5.88 Å². The van der Waals surface area contributed by atoms with Gasteiger partial charge in [0, 0.05) is 12.1 Å². The van der Waals surface area contributed by atoms with E-state index in [2.05, 4.69) is 30.5 Å². The summed E-state index contributed by atoms with van der Waals surface area (Å²) in [6.45, 7) is 7.22. The summed E-state index contributed by atoms with van der Waals surface area (Å²) in [7, 11) is 1.58. The lowest BCUT2D eigenvalue weighted by Gasteiger charge is -2.24. The van der Waals surface area contributed by atoms with Crippen LogP contribution in [0.25, 0.3) is 0 Å². The van der Waals surface area contributed by atoms with E-state index in [4.69, 9.17) is 16.3 Å². The van der Waals surface area contributed by atoms with Crippen molar-refractivity contribution in [2.45, 2.75) is 39.3 Å². The molecule has 0 aromatic carbocycles. The highest BCUT2D eigenvalue weighted by atomic mass is 35.5. The largest absolute Gasteiger partial charge is 0.479 e. The van der Waals surface area contributed by atoms with Crippen LogP contribution >= 0.6 is 23.1 Å². The van der Waals surface area contributed by atoms with Crippen LogP contribution in [0.1, 0.15) is 32.1 Å². The predicted octanol–water partition coefficient (Wildman–Crippen LogP) is 3.08. The first kappa shape index (κ1) is 12.7. The fourth-order valence-corrected chi connectivity index (χ4v) is 1.98. The third kappa shape index (κ3) is 3.33. The quantitative estimate of drug-likeness (QED) is 0.870. The van der Waals surface area contributed by atoms with Gasteiger partial charge in [0.1, 0.15) is 5.02 Å². The van der Waals surface area contributed by atoms with Crippen LogP contribution < -0.4 is 10.1 Å². The minimum atomic E-state index is 0.126. The van der Waals surface area contributed by atoms with E-state index < -0.39 is 0 Å². The summed E-state index contributed by atoms with van der Waals surface area (Å²) in [5, 5.41) is 4.06. The van der Waals surface area contributed by atoms with Gasteiger partial charge in [0.2, 0.25) is 5.88 Å². The molecule has 1 aromatic rings. The Morgan fingerprint density at radius 1 is 1.53 bits per heavy atom. The molecule has 0 amide bonds. The topological polar surface area (TPSA) is 34.2 Å². The summed E-state index contributed by atoms with van der Waals surface area (Å²) < 4.78 is 9.13. The molecule has 1 N–H and O–H groups in total. The van der Waals surface area contributed by atoms with Crippen molar-refractivity contribution in [1.29, 1.82) is 0 Å². The van der Waals surface area contributed by atoms with Gasteiger partial charge in [-0.05, 0) is 31.8 Å². The van der Waals surface area contributed by atoms with Crippen LogP contribution in [-0.2, 0) is 6.54 Å². The lowest BCUT2D eigenvalue weighted by Crippen LogP contribution is -2.37. The molecule has 0 atom stereocenters. The van der Waals surface area contributed by atoms with Crippen LogP contribution in [0.3, 0.4) is 0 Å². The molecule has 1 rings (SSSR count). The first-order chi connectivity index (χ1) is 7.00. The van der Waals surface area contributed by atoms with Gasteiger partial charge in [0.15, 0.2) is 0 Å². The van der Waals surface area contributed by atoms with E-state index in [1.54, 1.807) is 7.11 Å². The van der Waals surface area contributed by atoms with Gasteiger partial charge in [-0.25, -0.2) is 0 Å². The normalized spacial score (nSPS) is 11.8. The van der Waals surface area contributed by atoms with Crippen LogP contribution in [0.4, 0.5) is 0 Å². The van der Waals surface area contributed by atoms with Gasteiger partial charge in [-0.1, -0.05) is 18.5 Å². The predicted molar refractivity (Wildman–Crippen MR) is 64.9 cm³/mol. The molecule has 0 spiro atoms. The molecule has 1 aromatic heterocycles. The van der Waals surface area contributed by atoms with E-state index in [1.807, 2.05) is 0 Å². The number of aromatic nitrogens is 1. The van der Waals surface area contributed by atoms with Crippen molar-refractivity contribution in [2.24, 2.45) is 0 Å². The maximum atomic E-state index is 6.08. The van der Waals surface area contributed by atoms with Crippen LogP contribution in [0.15, 0.2) is 0 Å². The highest BCUT2D eigenvalue weighted by molar-refractivity contribution is 7.06. The first-order valence-corrected chi connectivity index (χ1v) is 6.08. The Morgan fingerprint density at radius 2 is 2.20 bits per heavy atom. The van der Waals surface area contributed by atoms with Crippen molar-refractivity contribution < 1.29 is 4.74 Å². The molecule has 0 saturated carbocycles. The fourth-order valence-electron chi connectivity index (χ4n) is 0.977. The zero-order valence-electron chi connectivity index (χ0n) is 9.56. The summed E-state index contributed by atoms with van der Waals surface area (Å²) in [6, 6.07) is 0. The van der Waals surface area contributed by atoms with Crippen LogP contribution in [0.2, 0.25) is 5.02 Å². The molecular weight excluding hydrogens is 232 g/mol. The average molecular weight is 249 g/mol. The minimum absolute atomic E-state index is 0.126. The Morgan fingerprint density at radius 3 is 2.67 bits per heavy atom. The number of hydrogen-bond donors (Lipinski definition) is 1. The Balaban J connectivity index is 2.62. The molecule has 0 unspecified atom stereocenters. The minimum Gasteiger partial charge on any atom is -0.479 e. The SMILES string of the molecule is CCC(C)(C)NCc1snc(OC)c1Cl. The third-order valence-corrected chi connectivity index (χ3v) is 3.80. The zero-order valence-corrected chi connectivity index (χ0v) is 11.1. The highest BCUT2D eigenvalue weighted by Gasteiger charge is 2.17. The Labute approximate surface area is 100.0 Å². The van der Waals surface area contributed by atoms with Crippen LogP contribution in [-0.4, -0.2) is 17.0 Å². The zero-order chi connectivity index (χ0) is 11.5. The summed E-state index contributed by atoms with van der Waals surface area (Å²) in [5.74, 6) is 0.521. The van der Waals surface area contributed by atoms with Crippen molar-refractivity contribution in [3.63, 3.8) is 0 Å².